The van der Waals surface area contributed by atoms with Crippen LogP contribution in [0.5, 0.6) is 5.75 Å². The van der Waals surface area contributed by atoms with Crippen LogP contribution in [-0.2, 0) is 6.42 Å². The number of hydrogen-bond donors (Lipinski definition) is 2. The van der Waals surface area contributed by atoms with Gasteiger partial charge in [0.2, 0.25) is 0 Å². The molecule has 0 aromatic heterocycles. The highest BCUT2D eigenvalue weighted by Gasteiger charge is 2.15. The summed E-state index contributed by atoms with van der Waals surface area (Å²) in [5, 5.41) is 9.22. The SMILES string of the molecule is CC(C)Oc1ccc(CC(C)C(CN)CO)cc1. The second-order valence-electron chi connectivity index (χ2n) is 5.17. The molecule has 3 nitrogen and oxygen atoms in total. The fraction of sp³-hybridized carbons (Fsp3) is 0.600. The van der Waals surface area contributed by atoms with E-state index in [1.165, 1.54) is 5.56 Å². The molecule has 0 saturated heterocycles. The molecule has 18 heavy (non-hydrogen) atoms. The number of aliphatic hydroxyl groups excluding tert-OH is 1. The lowest BCUT2D eigenvalue weighted by atomic mass is 9.89. The molecule has 0 heterocycles. The molecule has 0 aliphatic rings. The van der Waals surface area contributed by atoms with E-state index in [0.717, 1.165) is 12.2 Å². The summed E-state index contributed by atoms with van der Waals surface area (Å²) in [6, 6.07) is 8.16. The molecule has 3 N–H and O–H groups in total. The molecule has 102 valence electrons. The van der Waals surface area contributed by atoms with Crippen LogP contribution in [0.3, 0.4) is 0 Å². The number of hydrogen-bond acceptors (Lipinski definition) is 3. The predicted molar refractivity (Wildman–Crippen MR) is 74.7 cm³/mol. The van der Waals surface area contributed by atoms with Gasteiger partial charge in [0.15, 0.2) is 0 Å². The van der Waals surface area contributed by atoms with Crippen molar-refractivity contribution in [3.05, 3.63) is 29.8 Å². The Morgan fingerprint density at radius 1 is 1.17 bits per heavy atom. The van der Waals surface area contributed by atoms with E-state index >= 15 is 0 Å². The Bertz CT molecular complexity index is 331. The molecule has 3 heteroatoms. The van der Waals surface area contributed by atoms with Gasteiger partial charge in [0.1, 0.15) is 5.75 Å². The number of ether oxygens (including phenoxy) is 1. The minimum atomic E-state index is 0.159. The smallest absolute Gasteiger partial charge is 0.119 e. The quantitative estimate of drug-likeness (QED) is 0.781. The number of rotatable bonds is 7. The predicted octanol–water partition coefficient (Wildman–Crippen LogP) is 2.22. The van der Waals surface area contributed by atoms with Gasteiger partial charge in [0.05, 0.1) is 6.10 Å². The van der Waals surface area contributed by atoms with E-state index in [4.69, 9.17) is 10.5 Å². The summed E-state index contributed by atoms with van der Waals surface area (Å²) in [5.74, 6) is 1.47. The zero-order valence-electron chi connectivity index (χ0n) is 11.6. The summed E-state index contributed by atoms with van der Waals surface area (Å²) in [4.78, 5) is 0. The van der Waals surface area contributed by atoms with E-state index < -0.39 is 0 Å². The molecule has 0 fully saturated rings. The van der Waals surface area contributed by atoms with Crippen LogP contribution in [-0.4, -0.2) is 24.4 Å². The van der Waals surface area contributed by atoms with E-state index in [1.54, 1.807) is 0 Å². The maximum absolute atomic E-state index is 9.22. The lowest BCUT2D eigenvalue weighted by Gasteiger charge is -2.20. The lowest BCUT2D eigenvalue weighted by Crippen LogP contribution is -2.26. The molecule has 1 rings (SSSR count). The molecular formula is C15H25NO2. The van der Waals surface area contributed by atoms with Gasteiger partial charge in [0.25, 0.3) is 0 Å². The summed E-state index contributed by atoms with van der Waals surface area (Å²) in [6.45, 7) is 6.86. The van der Waals surface area contributed by atoms with E-state index in [0.29, 0.717) is 12.5 Å². The van der Waals surface area contributed by atoms with Crippen LogP contribution in [0.1, 0.15) is 26.3 Å². The second kappa shape index (κ2) is 7.39. The van der Waals surface area contributed by atoms with E-state index in [2.05, 4.69) is 19.1 Å². The first-order valence-corrected chi connectivity index (χ1v) is 6.63. The minimum absolute atomic E-state index is 0.159. The molecule has 0 aliphatic carbocycles. The Kier molecular flexibility index (Phi) is 6.16. The molecule has 0 amide bonds. The van der Waals surface area contributed by atoms with Crippen LogP contribution in [0.4, 0.5) is 0 Å². The van der Waals surface area contributed by atoms with Crippen molar-refractivity contribution in [2.45, 2.75) is 33.3 Å². The van der Waals surface area contributed by atoms with Crippen molar-refractivity contribution < 1.29 is 9.84 Å². The minimum Gasteiger partial charge on any atom is -0.491 e. The van der Waals surface area contributed by atoms with Gasteiger partial charge in [-0.1, -0.05) is 19.1 Å². The highest BCUT2D eigenvalue weighted by molar-refractivity contribution is 5.27. The Balaban J connectivity index is 2.57. The first kappa shape index (κ1) is 15.0. The van der Waals surface area contributed by atoms with Gasteiger partial charge in [-0.2, -0.15) is 0 Å². The number of nitrogens with two attached hydrogens (primary N) is 1. The van der Waals surface area contributed by atoms with Crippen molar-refractivity contribution in [3.8, 4) is 5.75 Å². The maximum Gasteiger partial charge on any atom is 0.119 e. The second-order valence-corrected chi connectivity index (χ2v) is 5.17. The van der Waals surface area contributed by atoms with Gasteiger partial charge in [-0.05, 0) is 56.3 Å². The van der Waals surface area contributed by atoms with Crippen LogP contribution in [0.25, 0.3) is 0 Å². The van der Waals surface area contributed by atoms with Crippen LogP contribution in [0, 0.1) is 11.8 Å². The molecule has 0 bridgehead atoms. The van der Waals surface area contributed by atoms with Crippen molar-refractivity contribution in [3.63, 3.8) is 0 Å². The molecule has 1 aromatic carbocycles. The fourth-order valence-corrected chi connectivity index (χ4v) is 2.00. The van der Waals surface area contributed by atoms with Gasteiger partial charge >= 0.3 is 0 Å². The first-order valence-electron chi connectivity index (χ1n) is 6.63. The number of aliphatic hydroxyl groups is 1. The topological polar surface area (TPSA) is 55.5 Å². The zero-order valence-corrected chi connectivity index (χ0v) is 11.6. The normalized spacial score (nSPS) is 14.6. The van der Waals surface area contributed by atoms with E-state index in [9.17, 15) is 5.11 Å². The third-order valence-corrected chi connectivity index (χ3v) is 3.19. The first-order chi connectivity index (χ1) is 8.56. The summed E-state index contributed by atoms with van der Waals surface area (Å²) in [7, 11) is 0. The largest absolute Gasteiger partial charge is 0.491 e. The van der Waals surface area contributed by atoms with Crippen LogP contribution in [0.15, 0.2) is 24.3 Å². The summed E-state index contributed by atoms with van der Waals surface area (Å²) in [5.41, 5.74) is 6.89. The molecule has 0 radical (unpaired) electrons. The van der Waals surface area contributed by atoms with Crippen molar-refractivity contribution >= 4 is 0 Å². The van der Waals surface area contributed by atoms with Gasteiger partial charge in [-0.15, -0.1) is 0 Å². The number of benzene rings is 1. The summed E-state index contributed by atoms with van der Waals surface area (Å²) < 4.78 is 5.60. The summed E-state index contributed by atoms with van der Waals surface area (Å²) in [6.07, 6.45) is 1.13. The van der Waals surface area contributed by atoms with Gasteiger partial charge in [0, 0.05) is 6.61 Å². The highest BCUT2D eigenvalue weighted by atomic mass is 16.5. The van der Waals surface area contributed by atoms with Gasteiger partial charge in [-0.25, -0.2) is 0 Å². The van der Waals surface area contributed by atoms with E-state index in [-0.39, 0.29) is 18.6 Å². The maximum atomic E-state index is 9.22. The molecule has 2 unspecified atom stereocenters. The van der Waals surface area contributed by atoms with Gasteiger partial charge in [-0.3, -0.25) is 0 Å². The van der Waals surface area contributed by atoms with E-state index in [1.807, 2.05) is 26.0 Å². The van der Waals surface area contributed by atoms with Crippen molar-refractivity contribution in [1.29, 1.82) is 0 Å². The molecule has 0 saturated carbocycles. The zero-order chi connectivity index (χ0) is 13.5. The molecule has 0 spiro atoms. The van der Waals surface area contributed by atoms with Crippen LogP contribution in [0.2, 0.25) is 0 Å². The molecular weight excluding hydrogens is 226 g/mol. The van der Waals surface area contributed by atoms with Crippen LogP contribution >= 0.6 is 0 Å². The van der Waals surface area contributed by atoms with Crippen molar-refractivity contribution in [2.24, 2.45) is 17.6 Å². The third kappa shape index (κ3) is 4.67. The fourth-order valence-electron chi connectivity index (χ4n) is 2.00. The van der Waals surface area contributed by atoms with Crippen molar-refractivity contribution in [1.82, 2.24) is 0 Å². The molecule has 0 aliphatic heterocycles. The average Bonchev–Trinajstić information content (AvgIpc) is 2.32. The average molecular weight is 251 g/mol. The Morgan fingerprint density at radius 2 is 1.78 bits per heavy atom. The Morgan fingerprint density at radius 3 is 2.22 bits per heavy atom. The van der Waals surface area contributed by atoms with Crippen LogP contribution < -0.4 is 10.5 Å². The van der Waals surface area contributed by atoms with Gasteiger partial charge < -0.3 is 15.6 Å². The molecule has 2 atom stereocenters. The Labute approximate surface area is 110 Å². The highest BCUT2D eigenvalue weighted by Crippen LogP contribution is 2.19. The Hall–Kier alpha value is -1.06. The van der Waals surface area contributed by atoms with Crippen molar-refractivity contribution in [2.75, 3.05) is 13.2 Å². The standard InChI is InChI=1S/C15H25NO2/c1-11(2)18-15-6-4-13(5-7-15)8-12(3)14(9-16)10-17/h4-7,11-12,14,17H,8-10,16H2,1-3H3. The monoisotopic (exact) mass is 251 g/mol. The summed E-state index contributed by atoms with van der Waals surface area (Å²) >= 11 is 0. The molecule has 1 aromatic rings. The lowest BCUT2D eigenvalue weighted by molar-refractivity contribution is 0.187. The third-order valence-electron chi connectivity index (χ3n) is 3.19.